The quantitative estimate of drug-likeness (QED) is 0.477. The Morgan fingerprint density at radius 3 is 2.22 bits per heavy atom. The maximum absolute atomic E-state index is 11.8. The molecule has 2 heterocycles. The lowest BCUT2D eigenvalue weighted by Gasteiger charge is -2.32. The molecule has 94 valence electrons. The zero-order valence-electron chi connectivity index (χ0n) is 9.97. The number of rotatable bonds is 2. The number of ether oxygens (including phenoxy) is 2. The van der Waals surface area contributed by atoms with Crippen molar-refractivity contribution in [2.75, 3.05) is 0 Å². The van der Waals surface area contributed by atoms with Crippen LogP contribution in [0.15, 0.2) is 24.5 Å². The lowest BCUT2D eigenvalue weighted by molar-refractivity contribution is -0.235. The second kappa shape index (κ2) is 4.21. The number of nitrogens with one attached hydrogen (secondary N) is 1. The molecule has 6 heteroatoms. The van der Waals surface area contributed by atoms with Crippen molar-refractivity contribution in [3.05, 3.63) is 30.1 Å². The highest BCUT2D eigenvalue weighted by atomic mass is 16.7. The van der Waals surface area contributed by atoms with Crippen molar-refractivity contribution >= 4 is 17.7 Å². The Hall–Kier alpha value is -2.24. The molecule has 1 aromatic rings. The molecule has 0 aromatic carbocycles. The summed E-state index contributed by atoms with van der Waals surface area (Å²) < 4.78 is 9.92. The van der Waals surface area contributed by atoms with Crippen molar-refractivity contribution in [1.29, 1.82) is 5.41 Å². The highest BCUT2D eigenvalue weighted by Crippen LogP contribution is 2.25. The van der Waals surface area contributed by atoms with Gasteiger partial charge in [0.2, 0.25) is 0 Å². The van der Waals surface area contributed by atoms with Crippen LogP contribution in [-0.4, -0.2) is 28.4 Å². The molecule has 0 radical (unpaired) electrons. The van der Waals surface area contributed by atoms with Gasteiger partial charge in [0.25, 0.3) is 5.79 Å². The summed E-state index contributed by atoms with van der Waals surface area (Å²) in [6, 6.07) is 3.09. The van der Waals surface area contributed by atoms with Gasteiger partial charge in [-0.2, -0.15) is 0 Å². The summed E-state index contributed by atoms with van der Waals surface area (Å²) in [5.74, 6) is -4.14. The van der Waals surface area contributed by atoms with Crippen LogP contribution in [0.25, 0.3) is 0 Å². The molecule has 18 heavy (non-hydrogen) atoms. The monoisotopic (exact) mass is 248 g/mol. The number of pyridine rings is 1. The van der Waals surface area contributed by atoms with Crippen molar-refractivity contribution in [2.45, 2.75) is 19.6 Å². The number of hydrogen-bond donors (Lipinski definition) is 1. The van der Waals surface area contributed by atoms with Gasteiger partial charge in [0.1, 0.15) is 0 Å². The van der Waals surface area contributed by atoms with Gasteiger partial charge in [-0.1, -0.05) is 0 Å². The molecule has 1 fully saturated rings. The predicted molar refractivity (Wildman–Crippen MR) is 60.8 cm³/mol. The zero-order chi connectivity index (χ0) is 13.3. The third-order valence-electron chi connectivity index (χ3n) is 2.44. The van der Waals surface area contributed by atoms with E-state index < -0.39 is 23.6 Å². The zero-order valence-corrected chi connectivity index (χ0v) is 9.97. The summed E-state index contributed by atoms with van der Waals surface area (Å²) in [5, 5.41) is 7.88. The minimum atomic E-state index is -1.33. The summed E-state index contributed by atoms with van der Waals surface area (Å²) in [4.78, 5) is 27.3. The molecule has 2 rings (SSSR count). The second-order valence-corrected chi connectivity index (χ2v) is 4.32. The number of aromatic nitrogens is 1. The highest BCUT2D eigenvalue weighted by molar-refractivity contribution is 6.22. The predicted octanol–water partition coefficient (Wildman–Crippen LogP) is 0.902. The minimum Gasteiger partial charge on any atom is -0.422 e. The second-order valence-electron chi connectivity index (χ2n) is 4.32. The Morgan fingerprint density at radius 1 is 1.22 bits per heavy atom. The van der Waals surface area contributed by atoms with E-state index in [9.17, 15) is 9.59 Å². The fourth-order valence-electron chi connectivity index (χ4n) is 1.65. The maximum atomic E-state index is 11.8. The van der Waals surface area contributed by atoms with Crippen LogP contribution >= 0.6 is 0 Å². The average Bonchev–Trinajstić information content (AvgIpc) is 2.27. The summed E-state index contributed by atoms with van der Waals surface area (Å²) in [5.41, 5.74) is 0.284. The van der Waals surface area contributed by atoms with E-state index in [1.165, 1.54) is 26.2 Å². The van der Waals surface area contributed by atoms with Gasteiger partial charge in [-0.05, 0) is 17.7 Å². The van der Waals surface area contributed by atoms with Crippen LogP contribution in [0.3, 0.4) is 0 Å². The number of carbonyl (C=O) groups excluding carboxylic acids is 2. The van der Waals surface area contributed by atoms with E-state index in [4.69, 9.17) is 14.9 Å². The van der Waals surface area contributed by atoms with E-state index in [1.54, 1.807) is 12.1 Å². The van der Waals surface area contributed by atoms with Crippen LogP contribution in [0.1, 0.15) is 19.4 Å². The van der Waals surface area contributed by atoms with Gasteiger partial charge < -0.3 is 14.9 Å². The highest BCUT2D eigenvalue weighted by Gasteiger charge is 2.45. The molecular weight excluding hydrogens is 236 g/mol. The maximum Gasteiger partial charge on any atom is 0.329 e. The molecular formula is C12H12N2O4. The summed E-state index contributed by atoms with van der Waals surface area (Å²) in [7, 11) is 0. The number of esters is 2. The fraction of sp³-hybridized carbons (Fsp3) is 0.333. The van der Waals surface area contributed by atoms with Gasteiger partial charge in [0.15, 0.2) is 5.92 Å². The van der Waals surface area contributed by atoms with Crippen LogP contribution in [0.5, 0.6) is 0 Å². The number of carbonyl (C=O) groups is 2. The Morgan fingerprint density at radius 2 is 1.72 bits per heavy atom. The van der Waals surface area contributed by atoms with Gasteiger partial charge in [0, 0.05) is 26.2 Å². The molecule has 1 N–H and O–H groups in total. The first-order valence-electron chi connectivity index (χ1n) is 5.35. The number of hydrogen-bond acceptors (Lipinski definition) is 6. The lowest BCUT2D eigenvalue weighted by Crippen LogP contribution is -2.49. The first-order chi connectivity index (χ1) is 8.41. The van der Waals surface area contributed by atoms with Crippen LogP contribution in [0, 0.1) is 11.3 Å². The molecule has 1 aliphatic rings. The third kappa shape index (κ3) is 2.22. The van der Waals surface area contributed by atoms with Crippen molar-refractivity contribution in [1.82, 2.24) is 4.98 Å². The Balaban J connectivity index is 2.27. The molecule has 6 nitrogen and oxygen atoms in total. The van der Waals surface area contributed by atoms with Gasteiger partial charge >= 0.3 is 11.9 Å². The SMILES string of the molecule is CC1(C)OC(=O)C(C(=N)c2ccncc2)C(=O)O1. The molecule has 0 amide bonds. The summed E-state index contributed by atoms with van der Waals surface area (Å²) >= 11 is 0. The van der Waals surface area contributed by atoms with Gasteiger partial charge in [-0.3, -0.25) is 14.6 Å². The van der Waals surface area contributed by atoms with Crippen LogP contribution in [0.4, 0.5) is 0 Å². The molecule has 0 unspecified atom stereocenters. The molecule has 0 atom stereocenters. The Bertz CT molecular complexity index is 490. The molecule has 1 aliphatic heterocycles. The van der Waals surface area contributed by atoms with E-state index in [1.807, 2.05) is 0 Å². The largest absolute Gasteiger partial charge is 0.422 e. The first-order valence-corrected chi connectivity index (χ1v) is 5.35. The summed E-state index contributed by atoms with van der Waals surface area (Å²) in [6.45, 7) is 2.93. The topological polar surface area (TPSA) is 89.3 Å². The van der Waals surface area contributed by atoms with Crippen molar-refractivity contribution < 1.29 is 19.1 Å². The van der Waals surface area contributed by atoms with Gasteiger partial charge in [0.05, 0.1) is 5.71 Å². The minimum absolute atomic E-state index is 0.150. The number of cyclic esters (lactones) is 2. The average molecular weight is 248 g/mol. The van der Waals surface area contributed by atoms with Crippen LogP contribution in [-0.2, 0) is 19.1 Å². The van der Waals surface area contributed by atoms with Gasteiger partial charge in [-0.15, -0.1) is 0 Å². The standard InChI is InChI=1S/C12H12N2O4/c1-12(2)17-10(15)8(11(16)18-12)9(13)7-3-5-14-6-4-7/h3-6,8,13H,1-2H3. The molecule has 1 saturated heterocycles. The van der Waals surface area contributed by atoms with Crippen LogP contribution < -0.4 is 0 Å². The fourth-order valence-corrected chi connectivity index (χ4v) is 1.65. The van der Waals surface area contributed by atoms with Crippen LogP contribution in [0.2, 0.25) is 0 Å². The van der Waals surface area contributed by atoms with Crippen molar-refractivity contribution in [3.63, 3.8) is 0 Å². The van der Waals surface area contributed by atoms with Gasteiger partial charge in [-0.25, -0.2) is 0 Å². The van der Waals surface area contributed by atoms with E-state index in [0.717, 1.165) is 0 Å². The third-order valence-corrected chi connectivity index (χ3v) is 2.44. The molecule has 1 aromatic heterocycles. The summed E-state index contributed by atoms with van der Waals surface area (Å²) in [6.07, 6.45) is 2.96. The van der Waals surface area contributed by atoms with E-state index in [2.05, 4.69) is 4.98 Å². The normalized spacial score (nSPS) is 19.0. The van der Waals surface area contributed by atoms with E-state index in [-0.39, 0.29) is 5.71 Å². The Kier molecular flexibility index (Phi) is 2.86. The lowest BCUT2D eigenvalue weighted by atomic mass is 9.96. The molecule has 0 bridgehead atoms. The van der Waals surface area contributed by atoms with E-state index in [0.29, 0.717) is 5.56 Å². The first kappa shape index (κ1) is 12.2. The smallest absolute Gasteiger partial charge is 0.329 e. The molecule has 0 spiro atoms. The van der Waals surface area contributed by atoms with E-state index >= 15 is 0 Å². The van der Waals surface area contributed by atoms with Crippen molar-refractivity contribution in [3.8, 4) is 0 Å². The van der Waals surface area contributed by atoms with Crippen molar-refractivity contribution in [2.24, 2.45) is 5.92 Å². The Labute approximate surface area is 103 Å². The number of nitrogens with zero attached hydrogens (tertiary/aromatic N) is 1. The molecule has 0 saturated carbocycles. The molecule has 0 aliphatic carbocycles.